The number of ketones is 1. The van der Waals surface area contributed by atoms with Gasteiger partial charge in [0.25, 0.3) is 0 Å². The highest BCUT2D eigenvalue weighted by molar-refractivity contribution is 5.96. The molecular weight excluding hydrogens is 245 g/mol. The summed E-state index contributed by atoms with van der Waals surface area (Å²) in [5.74, 6) is -0.359. The molecule has 0 aliphatic carbocycles. The number of piperidine rings is 1. The molecule has 1 saturated heterocycles. The molecular formula is C15H20FNO2. The second-order valence-corrected chi connectivity index (χ2v) is 4.98. The highest BCUT2D eigenvalue weighted by atomic mass is 19.1. The van der Waals surface area contributed by atoms with Gasteiger partial charge in [-0.2, -0.15) is 0 Å². The van der Waals surface area contributed by atoms with E-state index in [1.165, 1.54) is 12.1 Å². The maximum atomic E-state index is 13.0. The first-order valence-corrected chi connectivity index (χ1v) is 6.73. The fourth-order valence-corrected chi connectivity index (χ4v) is 2.47. The van der Waals surface area contributed by atoms with Gasteiger partial charge in [-0.05, 0) is 31.5 Å². The highest BCUT2D eigenvalue weighted by Gasteiger charge is 2.19. The van der Waals surface area contributed by atoms with Crippen molar-refractivity contribution in [3.63, 3.8) is 0 Å². The normalized spacial score (nSPS) is 20.4. The Morgan fingerprint density at radius 1 is 1.53 bits per heavy atom. The number of carbonyl (C=O) groups excluding carboxylic acids is 1. The van der Waals surface area contributed by atoms with Crippen molar-refractivity contribution in [2.24, 2.45) is 0 Å². The zero-order chi connectivity index (χ0) is 13.7. The van der Waals surface area contributed by atoms with Crippen LogP contribution in [0.15, 0.2) is 24.3 Å². The third-order valence-corrected chi connectivity index (χ3v) is 3.60. The Hall–Kier alpha value is -1.26. The number of carbonyl (C=O) groups is 1. The van der Waals surface area contributed by atoms with Crippen LogP contribution in [-0.2, 0) is 4.74 Å². The minimum atomic E-state index is -0.358. The number of nitrogens with zero attached hydrogens (tertiary/aromatic N) is 1. The lowest BCUT2D eigenvalue weighted by Gasteiger charge is -2.31. The number of rotatable bonds is 5. The summed E-state index contributed by atoms with van der Waals surface area (Å²) in [6.07, 6.45) is 2.90. The van der Waals surface area contributed by atoms with Gasteiger partial charge in [-0.1, -0.05) is 12.1 Å². The molecule has 0 aromatic heterocycles. The lowest BCUT2D eigenvalue weighted by atomic mass is 10.1. The van der Waals surface area contributed by atoms with Gasteiger partial charge in [-0.25, -0.2) is 4.39 Å². The van der Waals surface area contributed by atoms with Crippen molar-refractivity contribution >= 4 is 5.78 Å². The minimum Gasteiger partial charge on any atom is -0.380 e. The Labute approximate surface area is 113 Å². The quantitative estimate of drug-likeness (QED) is 0.766. The van der Waals surface area contributed by atoms with Gasteiger partial charge in [0.05, 0.1) is 6.10 Å². The van der Waals surface area contributed by atoms with Crippen LogP contribution in [0.3, 0.4) is 0 Å². The predicted octanol–water partition coefficient (Wildman–Crippen LogP) is 2.51. The van der Waals surface area contributed by atoms with Crippen molar-refractivity contribution in [2.75, 3.05) is 26.7 Å². The van der Waals surface area contributed by atoms with E-state index in [9.17, 15) is 9.18 Å². The summed E-state index contributed by atoms with van der Waals surface area (Å²) in [6, 6.07) is 5.89. The molecule has 0 amide bonds. The second-order valence-electron chi connectivity index (χ2n) is 4.98. The van der Waals surface area contributed by atoms with Crippen LogP contribution in [0.5, 0.6) is 0 Å². The smallest absolute Gasteiger partial charge is 0.164 e. The van der Waals surface area contributed by atoms with Gasteiger partial charge in [-0.15, -0.1) is 0 Å². The lowest BCUT2D eigenvalue weighted by Crippen LogP contribution is -2.40. The molecule has 0 bridgehead atoms. The van der Waals surface area contributed by atoms with Crippen LogP contribution in [0.2, 0.25) is 0 Å². The second kappa shape index (κ2) is 6.78. The first-order chi connectivity index (χ1) is 9.19. The Kier molecular flexibility index (Phi) is 5.05. The third kappa shape index (κ3) is 4.11. The summed E-state index contributed by atoms with van der Waals surface area (Å²) < 4.78 is 18.4. The van der Waals surface area contributed by atoms with E-state index in [1.807, 2.05) is 0 Å². The standard InChI is InChI=1S/C15H20FNO2/c1-19-14-6-3-8-17(11-14)9-7-15(18)12-4-2-5-13(16)10-12/h2,4-5,10,14H,3,6-9,11H2,1H3. The highest BCUT2D eigenvalue weighted by Crippen LogP contribution is 2.14. The third-order valence-electron chi connectivity index (χ3n) is 3.60. The van der Waals surface area contributed by atoms with E-state index in [2.05, 4.69) is 4.90 Å². The first-order valence-electron chi connectivity index (χ1n) is 6.73. The maximum absolute atomic E-state index is 13.0. The minimum absolute atomic E-state index is 0.000889. The molecule has 1 atom stereocenters. The van der Waals surface area contributed by atoms with Crippen molar-refractivity contribution < 1.29 is 13.9 Å². The molecule has 3 nitrogen and oxygen atoms in total. The molecule has 1 fully saturated rings. The Morgan fingerprint density at radius 3 is 3.11 bits per heavy atom. The van der Waals surface area contributed by atoms with Gasteiger partial charge in [-0.3, -0.25) is 4.79 Å². The molecule has 1 unspecified atom stereocenters. The van der Waals surface area contributed by atoms with Crippen LogP contribution in [0.1, 0.15) is 29.6 Å². The molecule has 2 rings (SSSR count). The molecule has 1 aromatic rings. The van der Waals surface area contributed by atoms with Gasteiger partial charge in [0.2, 0.25) is 0 Å². The zero-order valence-electron chi connectivity index (χ0n) is 11.3. The van der Waals surface area contributed by atoms with Gasteiger partial charge in [0, 0.05) is 32.2 Å². The van der Waals surface area contributed by atoms with Crippen LogP contribution in [0.4, 0.5) is 4.39 Å². The summed E-state index contributed by atoms with van der Waals surface area (Å²) in [5.41, 5.74) is 0.459. The molecule has 1 heterocycles. The Morgan fingerprint density at radius 2 is 2.37 bits per heavy atom. The maximum Gasteiger partial charge on any atom is 0.164 e. The molecule has 1 aromatic carbocycles. The summed E-state index contributed by atoms with van der Waals surface area (Å²) in [5, 5.41) is 0. The summed E-state index contributed by atoms with van der Waals surface area (Å²) in [4.78, 5) is 14.2. The van der Waals surface area contributed by atoms with Crippen molar-refractivity contribution in [2.45, 2.75) is 25.4 Å². The van der Waals surface area contributed by atoms with Crippen LogP contribution in [-0.4, -0.2) is 43.5 Å². The molecule has 1 aliphatic rings. The molecule has 104 valence electrons. The summed E-state index contributed by atoms with van der Waals surface area (Å²) in [6.45, 7) is 2.61. The molecule has 4 heteroatoms. The monoisotopic (exact) mass is 265 g/mol. The number of benzene rings is 1. The van der Waals surface area contributed by atoms with E-state index < -0.39 is 0 Å². The summed E-state index contributed by atoms with van der Waals surface area (Å²) in [7, 11) is 1.73. The average Bonchev–Trinajstić information content (AvgIpc) is 2.45. The topological polar surface area (TPSA) is 29.5 Å². The zero-order valence-corrected chi connectivity index (χ0v) is 11.3. The van der Waals surface area contributed by atoms with Crippen molar-refractivity contribution in [1.29, 1.82) is 0 Å². The van der Waals surface area contributed by atoms with E-state index in [1.54, 1.807) is 19.2 Å². The summed E-state index contributed by atoms with van der Waals surface area (Å²) >= 11 is 0. The number of likely N-dealkylation sites (tertiary alicyclic amines) is 1. The Balaban J connectivity index is 1.83. The van der Waals surface area contributed by atoms with E-state index in [0.717, 1.165) is 32.5 Å². The van der Waals surface area contributed by atoms with E-state index in [4.69, 9.17) is 4.74 Å². The number of hydrogen-bond donors (Lipinski definition) is 0. The van der Waals surface area contributed by atoms with E-state index in [0.29, 0.717) is 12.0 Å². The van der Waals surface area contributed by atoms with Crippen LogP contribution < -0.4 is 0 Å². The molecule has 0 N–H and O–H groups in total. The van der Waals surface area contributed by atoms with Crippen LogP contribution >= 0.6 is 0 Å². The fraction of sp³-hybridized carbons (Fsp3) is 0.533. The van der Waals surface area contributed by atoms with E-state index >= 15 is 0 Å². The number of halogens is 1. The molecule has 19 heavy (non-hydrogen) atoms. The van der Waals surface area contributed by atoms with Crippen molar-refractivity contribution in [3.05, 3.63) is 35.6 Å². The predicted molar refractivity (Wildman–Crippen MR) is 71.8 cm³/mol. The fourth-order valence-electron chi connectivity index (χ4n) is 2.47. The molecule has 1 aliphatic heterocycles. The number of methoxy groups -OCH3 is 1. The first kappa shape index (κ1) is 14.2. The van der Waals surface area contributed by atoms with Crippen LogP contribution in [0.25, 0.3) is 0 Å². The molecule has 0 spiro atoms. The van der Waals surface area contributed by atoms with Gasteiger partial charge < -0.3 is 9.64 Å². The van der Waals surface area contributed by atoms with Crippen molar-refractivity contribution in [1.82, 2.24) is 4.90 Å². The van der Waals surface area contributed by atoms with Gasteiger partial charge in [0.1, 0.15) is 5.82 Å². The lowest BCUT2D eigenvalue weighted by molar-refractivity contribution is 0.0309. The number of Topliss-reactive ketones (excluding diaryl/α,β-unsaturated/α-hetero) is 1. The molecule has 0 saturated carbocycles. The number of hydrogen-bond acceptors (Lipinski definition) is 3. The largest absolute Gasteiger partial charge is 0.380 e. The van der Waals surface area contributed by atoms with Crippen LogP contribution in [0, 0.1) is 5.82 Å². The SMILES string of the molecule is COC1CCCN(CCC(=O)c2cccc(F)c2)C1. The number of ether oxygens (including phenoxy) is 1. The van der Waals surface area contributed by atoms with Gasteiger partial charge >= 0.3 is 0 Å². The van der Waals surface area contributed by atoms with Gasteiger partial charge in [0.15, 0.2) is 5.78 Å². The molecule has 0 radical (unpaired) electrons. The average molecular weight is 265 g/mol. The van der Waals surface area contributed by atoms with E-state index in [-0.39, 0.29) is 17.7 Å². The van der Waals surface area contributed by atoms with Crippen molar-refractivity contribution in [3.8, 4) is 0 Å². The Bertz CT molecular complexity index is 436.